The molecule has 5 heteroatoms. The zero-order valence-electron chi connectivity index (χ0n) is 14.8. The number of Topliss-reactive ketones (excluding diaryl/α,β-unsaturated/α-hetero) is 1. The van der Waals surface area contributed by atoms with Crippen LogP contribution < -0.4 is 15.1 Å². The molecule has 1 aliphatic carbocycles. The van der Waals surface area contributed by atoms with Crippen molar-refractivity contribution in [2.45, 2.75) is 38.7 Å². The van der Waals surface area contributed by atoms with E-state index in [-0.39, 0.29) is 5.78 Å². The van der Waals surface area contributed by atoms with Gasteiger partial charge in [-0.2, -0.15) is 0 Å². The van der Waals surface area contributed by atoms with Crippen molar-refractivity contribution in [2.75, 3.05) is 7.11 Å². The second-order valence-electron chi connectivity index (χ2n) is 6.69. The number of hydrogen-bond acceptors (Lipinski definition) is 5. The summed E-state index contributed by atoms with van der Waals surface area (Å²) in [5.41, 5.74) is 0.810. The van der Waals surface area contributed by atoms with Crippen LogP contribution in [0.15, 0.2) is 39.5 Å². The average molecular weight is 352 g/mol. The molecule has 1 aromatic heterocycles. The molecule has 0 radical (unpaired) electrons. The molecule has 2 aromatic carbocycles. The van der Waals surface area contributed by atoms with Crippen LogP contribution in [0.5, 0.6) is 11.5 Å². The lowest BCUT2D eigenvalue weighted by molar-refractivity contribution is -0.127. The van der Waals surface area contributed by atoms with Crippen molar-refractivity contribution in [2.24, 2.45) is 0 Å². The first-order valence-electron chi connectivity index (χ1n) is 8.82. The molecule has 5 nitrogen and oxygen atoms in total. The van der Waals surface area contributed by atoms with E-state index in [0.717, 1.165) is 35.6 Å². The zero-order chi connectivity index (χ0) is 18.3. The standard InChI is InChI=1S/C21H20O5/c1-12-18(25-19-6-4-3-5-17(19)22)10-9-15-14-8-7-13(24-2)11-16(14)21(23)26-20(12)15/h7-11,19H,3-6H2,1-2H3/t19-/m0/s1. The molecular weight excluding hydrogens is 332 g/mol. The minimum Gasteiger partial charge on any atom is -0.497 e. The van der Waals surface area contributed by atoms with E-state index in [1.54, 1.807) is 13.2 Å². The highest BCUT2D eigenvalue weighted by atomic mass is 16.5. The number of benzene rings is 2. The van der Waals surface area contributed by atoms with Gasteiger partial charge >= 0.3 is 5.63 Å². The fourth-order valence-electron chi connectivity index (χ4n) is 3.58. The molecule has 3 aromatic rings. The summed E-state index contributed by atoms with van der Waals surface area (Å²) in [5.74, 6) is 1.34. The smallest absolute Gasteiger partial charge is 0.344 e. The molecule has 1 saturated carbocycles. The van der Waals surface area contributed by atoms with E-state index in [0.29, 0.717) is 28.9 Å². The van der Waals surface area contributed by atoms with E-state index in [4.69, 9.17) is 13.9 Å². The Kier molecular flexibility index (Phi) is 4.15. The molecule has 134 valence electrons. The van der Waals surface area contributed by atoms with Gasteiger partial charge in [0.15, 0.2) is 11.9 Å². The molecule has 1 atom stereocenters. The second kappa shape index (κ2) is 6.48. The average Bonchev–Trinajstić information content (AvgIpc) is 2.66. The topological polar surface area (TPSA) is 65.7 Å². The van der Waals surface area contributed by atoms with Gasteiger partial charge in [0.05, 0.1) is 12.5 Å². The third-order valence-corrected chi connectivity index (χ3v) is 5.06. The summed E-state index contributed by atoms with van der Waals surface area (Å²) in [7, 11) is 1.56. The maximum Gasteiger partial charge on any atom is 0.344 e. The van der Waals surface area contributed by atoms with Crippen molar-refractivity contribution >= 4 is 27.5 Å². The summed E-state index contributed by atoms with van der Waals surface area (Å²) >= 11 is 0. The predicted octanol–water partition coefficient (Wildman–Crippen LogP) is 4.15. The van der Waals surface area contributed by atoms with Gasteiger partial charge in [-0.05, 0) is 56.5 Å². The highest BCUT2D eigenvalue weighted by molar-refractivity contribution is 6.06. The Morgan fingerprint density at radius 3 is 2.62 bits per heavy atom. The molecule has 0 bridgehead atoms. The van der Waals surface area contributed by atoms with Crippen LogP contribution in [0.4, 0.5) is 0 Å². The minimum atomic E-state index is -0.416. The molecule has 0 aliphatic heterocycles. The van der Waals surface area contributed by atoms with Crippen LogP contribution in [-0.2, 0) is 4.79 Å². The number of methoxy groups -OCH3 is 1. The summed E-state index contributed by atoms with van der Waals surface area (Å²) in [6.07, 6.45) is 2.82. The fourth-order valence-corrected chi connectivity index (χ4v) is 3.58. The van der Waals surface area contributed by atoms with Crippen molar-refractivity contribution in [1.82, 2.24) is 0 Å². The van der Waals surface area contributed by atoms with Gasteiger partial charge in [0, 0.05) is 22.8 Å². The third kappa shape index (κ3) is 2.73. The molecule has 1 aliphatic rings. The Hall–Kier alpha value is -2.82. The number of carbonyl (C=O) groups excluding carboxylic acids is 1. The largest absolute Gasteiger partial charge is 0.497 e. The van der Waals surface area contributed by atoms with Gasteiger partial charge < -0.3 is 13.9 Å². The maximum atomic E-state index is 12.4. The Bertz CT molecular complexity index is 1060. The van der Waals surface area contributed by atoms with Crippen LogP contribution in [0, 0.1) is 6.92 Å². The Labute approximate surface area is 150 Å². The zero-order valence-corrected chi connectivity index (χ0v) is 14.8. The van der Waals surface area contributed by atoms with Gasteiger partial charge in [0.2, 0.25) is 0 Å². The highest BCUT2D eigenvalue weighted by Gasteiger charge is 2.25. The van der Waals surface area contributed by atoms with Crippen molar-refractivity contribution in [1.29, 1.82) is 0 Å². The van der Waals surface area contributed by atoms with Crippen molar-refractivity contribution in [3.63, 3.8) is 0 Å². The number of rotatable bonds is 3. The molecule has 1 heterocycles. The number of carbonyl (C=O) groups is 1. The van der Waals surface area contributed by atoms with Crippen LogP contribution in [0.3, 0.4) is 0 Å². The van der Waals surface area contributed by atoms with Gasteiger partial charge in [0.1, 0.15) is 17.1 Å². The summed E-state index contributed by atoms with van der Waals surface area (Å²) in [6.45, 7) is 1.85. The minimum absolute atomic E-state index is 0.141. The summed E-state index contributed by atoms with van der Waals surface area (Å²) in [6, 6.07) is 9.09. The monoisotopic (exact) mass is 352 g/mol. The van der Waals surface area contributed by atoms with Crippen molar-refractivity contribution in [3.05, 3.63) is 46.3 Å². The summed E-state index contributed by atoms with van der Waals surface area (Å²) in [4.78, 5) is 24.5. The van der Waals surface area contributed by atoms with Crippen molar-refractivity contribution < 1.29 is 18.7 Å². The maximum absolute atomic E-state index is 12.4. The molecule has 0 saturated heterocycles. The van der Waals surface area contributed by atoms with E-state index in [2.05, 4.69) is 0 Å². The first-order valence-corrected chi connectivity index (χ1v) is 8.82. The van der Waals surface area contributed by atoms with Gasteiger partial charge in [0.25, 0.3) is 0 Å². The quantitative estimate of drug-likeness (QED) is 0.523. The van der Waals surface area contributed by atoms with Crippen LogP contribution in [0.25, 0.3) is 21.7 Å². The van der Waals surface area contributed by atoms with Crippen molar-refractivity contribution in [3.8, 4) is 11.5 Å². The summed E-state index contributed by atoms with van der Waals surface area (Å²) < 4.78 is 16.7. The molecule has 0 amide bonds. The second-order valence-corrected chi connectivity index (χ2v) is 6.69. The Balaban J connectivity index is 1.84. The number of hydrogen-bond donors (Lipinski definition) is 0. The molecule has 0 spiro atoms. The first kappa shape index (κ1) is 16.6. The third-order valence-electron chi connectivity index (χ3n) is 5.06. The van der Waals surface area contributed by atoms with Crippen LogP contribution in [0.1, 0.15) is 31.2 Å². The van der Waals surface area contributed by atoms with Gasteiger partial charge in [-0.15, -0.1) is 0 Å². The van der Waals surface area contributed by atoms with Gasteiger partial charge in [-0.25, -0.2) is 4.79 Å². The number of aryl methyl sites for hydroxylation is 1. The van der Waals surface area contributed by atoms with E-state index < -0.39 is 11.7 Å². The van der Waals surface area contributed by atoms with E-state index in [1.165, 1.54) is 0 Å². The van der Waals surface area contributed by atoms with Gasteiger partial charge in [-0.3, -0.25) is 4.79 Å². The Morgan fingerprint density at radius 1 is 1.04 bits per heavy atom. The molecule has 0 unspecified atom stereocenters. The molecular formula is C21H20O5. The Morgan fingerprint density at radius 2 is 1.85 bits per heavy atom. The molecule has 0 N–H and O–H groups in total. The highest BCUT2D eigenvalue weighted by Crippen LogP contribution is 2.33. The van der Waals surface area contributed by atoms with Crippen LogP contribution >= 0.6 is 0 Å². The van der Waals surface area contributed by atoms with Crippen LogP contribution in [0.2, 0.25) is 0 Å². The molecule has 4 rings (SSSR count). The molecule has 1 fully saturated rings. The normalized spacial score (nSPS) is 17.6. The van der Waals surface area contributed by atoms with Gasteiger partial charge in [-0.1, -0.05) is 0 Å². The fraction of sp³-hybridized carbons (Fsp3) is 0.333. The number of ether oxygens (including phenoxy) is 2. The van der Waals surface area contributed by atoms with Crippen LogP contribution in [-0.4, -0.2) is 19.0 Å². The van der Waals surface area contributed by atoms with E-state index >= 15 is 0 Å². The van der Waals surface area contributed by atoms with E-state index in [9.17, 15) is 9.59 Å². The summed E-state index contributed by atoms with van der Waals surface area (Å²) in [5, 5.41) is 2.12. The SMILES string of the molecule is COc1ccc2c(c1)c(=O)oc1c(C)c(O[C@H]3CCCCC3=O)ccc12. The molecule has 26 heavy (non-hydrogen) atoms. The lowest BCUT2D eigenvalue weighted by atomic mass is 9.96. The predicted molar refractivity (Wildman–Crippen MR) is 99.2 cm³/mol. The number of fused-ring (bicyclic) bond motifs is 3. The first-order chi connectivity index (χ1) is 12.6. The lowest BCUT2D eigenvalue weighted by Crippen LogP contribution is -2.30. The number of ketones is 1. The van der Waals surface area contributed by atoms with E-state index in [1.807, 2.05) is 31.2 Å². The lowest BCUT2D eigenvalue weighted by Gasteiger charge is -2.23.